The number of H-pyrrole nitrogens is 1. The number of aromatic amines is 1. The normalized spacial score (nSPS) is 10.9. The summed E-state index contributed by atoms with van der Waals surface area (Å²) in [6, 6.07) is 11.2. The van der Waals surface area contributed by atoms with Crippen molar-refractivity contribution >= 4 is 21.9 Å². The van der Waals surface area contributed by atoms with E-state index in [4.69, 9.17) is 13.7 Å². The quantitative estimate of drug-likeness (QED) is 0.475. The number of carbonyl (C=O) groups excluding carboxylic acids is 1. The first-order chi connectivity index (χ1) is 13.1. The van der Waals surface area contributed by atoms with Crippen molar-refractivity contribution in [2.75, 3.05) is 0 Å². The van der Waals surface area contributed by atoms with E-state index in [-0.39, 0.29) is 18.4 Å². The van der Waals surface area contributed by atoms with Gasteiger partial charge in [0.05, 0.1) is 0 Å². The van der Waals surface area contributed by atoms with Crippen LogP contribution in [0.25, 0.3) is 22.7 Å². The molecule has 0 spiro atoms. The second-order valence-corrected chi connectivity index (χ2v) is 6.55. The second-order valence-electron chi connectivity index (χ2n) is 5.64. The van der Waals surface area contributed by atoms with Crippen molar-refractivity contribution in [3.63, 3.8) is 0 Å². The van der Waals surface area contributed by atoms with Crippen LogP contribution < -0.4 is 0 Å². The molecule has 4 aromatic rings. The summed E-state index contributed by atoms with van der Waals surface area (Å²) < 4.78 is 16.9. The molecule has 8 nitrogen and oxygen atoms in total. The van der Waals surface area contributed by atoms with Crippen molar-refractivity contribution in [3.8, 4) is 22.7 Å². The number of nitrogens with one attached hydrogen (secondary N) is 1. The van der Waals surface area contributed by atoms with Gasteiger partial charge in [0.1, 0.15) is 22.7 Å². The molecule has 4 rings (SSSR count). The molecule has 136 valence electrons. The zero-order valence-electron chi connectivity index (χ0n) is 14.1. The Morgan fingerprint density at radius 2 is 2.07 bits per heavy atom. The van der Waals surface area contributed by atoms with E-state index in [2.05, 4.69) is 36.3 Å². The molecule has 1 N–H and O–H groups in total. The van der Waals surface area contributed by atoms with Crippen LogP contribution in [0.15, 0.2) is 56.0 Å². The highest BCUT2D eigenvalue weighted by molar-refractivity contribution is 9.10. The third-order valence-corrected chi connectivity index (χ3v) is 4.24. The van der Waals surface area contributed by atoms with Crippen LogP contribution in [0.5, 0.6) is 0 Å². The number of benzene rings is 1. The number of carbonyl (C=O) groups is 1. The number of esters is 1. The molecule has 0 unspecified atom stereocenters. The lowest BCUT2D eigenvalue weighted by molar-refractivity contribution is 0.0432. The Kier molecular flexibility index (Phi) is 4.59. The van der Waals surface area contributed by atoms with Gasteiger partial charge in [-0.15, -0.1) is 10.2 Å². The van der Waals surface area contributed by atoms with Gasteiger partial charge < -0.3 is 18.7 Å². The monoisotopic (exact) mass is 428 g/mol. The SMILES string of the molecule is Cc1onc(-c2ccccc2)c1-c1nnc(COC(=O)c2cc(Br)c[nH]2)o1. The van der Waals surface area contributed by atoms with E-state index in [0.29, 0.717) is 22.7 Å². The highest BCUT2D eigenvalue weighted by Crippen LogP contribution is 2.33. The van der Waals surface area contributed by atoms with Crippen LogP contribution in [-0.2, 0) is 11.3 Å². The summed E-state index contributed by atoms with van der Waals surface area (Å²) in [5, 5.41) is 12.1. The first-order valence-electron chi connectivity index (χ1n) is 7.97. The standard InChI is InChI=1S/C18H13BrN4O4/c1-10-15(16(23-27-10)11-5-3-2-4-6-11)17-22-21-14(26-17)9-25-18(24)13-7-12(19)8-20-13/h2-8,20H,9H2,1H3. The Bertz CT molecular complexity index is 1080. The predicted octanol–water partition coefficient (Wildman–Crippen LogP) is 4.15. The van der Waals surface area contributed by atoms with E-state index >= 15 is 0 Å². The van der Waals surface area contributed by atoms with Gasteiger partial charge in [-0.1, -0.05) is 35.5 Å². The Balaban J connectivity index is 1.53. The van der Waals surface area contributed by atoms with E-state index in [1.54, 1.807) is 19.2 Å². The highest BCUT2D eigenvalue weighted by atomic mass is 79.9. The number of aryl methyl sites for hydroxylation is 1. The van der Waals surface area contributed by atoms with Crippen molar-refractivity contribution in [1.29, 1.82) is 0 Å². The summed E-state index contributed by atoms with van der Waals surface area (Å²) in [4.78, 5) is 14.8. The average Bonchev–Trinajstić information content (AvgIpc) is 3.40. The lowest BCUT2D eigenvalue weighted by atomic mass is 10.1. The van der Waals surface area contributed by atoms with Gasteiger partial charge >= 0.3 is 5.97 Å². The van der Waals surface area contributed by atoms with E-state index in [1.165, 1.54) is 0 Å². The van der Waals surface area contributed by atoms with Gasteiger partial charge in [-0.05, 0) is 28.9 Å². The van der Waals surface area contributed by atoms with Gasteiger partial charge in [0.2, 0.25) is 0 Å². The van der Waals surface area contributed by atoms with Gasteiger partial charge in [0.15, 0.2) is 6.61 Å². The molecular weight excluding hydrogens is 416 g/mol. The fourth-order valence-electron chi connectivity index (χ4n) is 2.52. The van der Waals surface area contributed by atoms with Gasteiger partial charge in [-0.3, -0.25) is 0 Å². The van der Waals surface area contributed by atoms with Gasteiger partial charge in [-0.25, -0.2) is 4.79 Å². The summed E-state index contributed by atoms with van der Waals surface area (Å²) in [6.07, 6.45) is 1.64. The minimum Gasteiger partial charge on any atom is -0.451 e. The van der Waals surface area contributed by atoms with Crippen LogP contribution in [0.2, 0.25) is 0 Å². The lowest BCUT2D eigenvalue weighted by Gasteiger charge is -1.99. The fraction of sp³-hybridized carbons (Fsp3) is 0.111. The zero-order chi connectivity index (χ0) is 18.8. The molecule has 9 heteroatoms. The van der Waals surface area contributed by atoms with Gasteiger partial charge in [-0.2, -0.15) is 0 Å². The fourth-order valence-corrected chi connectivity index (χ4v) is 2.86. The maximum Gasteiger partial charge on any atom is 0.355 e. The van der Waals surface area contributed by atoms with E-state index in [1.807, 2.05) is 30.3 Å². The lowest BCUT2D eigenvalue weighted by Crippen LogP contribution is -2.05. The maximum absolute atomic E-state index is 12.0. The smallest absolute Gasteiger partial charge is 0.355 e. The van der Waals surface area contributed by atoms with Crippen molar-refractivity contribution in [2.24, 2.45) is 0 Å². The summed E-state index contributed by atoms with van der Waals surface area (Å²) in [7, 11) is 0. The first kappa shape index (κ1) is 17.2. The molecule has 0 radical (unpaired) electrons. The third-order valence-electron chi connectivity index (χ3n) is 3.79. The Labute approximate surface area is 161 Å². The Morgan fingerprint density at radius 3 is 2.81 bits per heavy atom. The molecule has 1 aromatic carbocycles. The van der Waals surface area contributed by atoms with E-state index < -0.39 is 5.97 Å². The molecule has 0 aliphatic carbocycles. The molecule has 0 saturated heterocycles. The highest BCUT2D eigenvalue weighted by Gasteiger charge is 2.22. The Morgan fingerprint density at radius 1 is 1.26 bits per heavy atom. The molecule has 3 heterocycles. The van der Waals surface area contributed by atoms with Crippen LogP contribution in [0.3, 0.4) is 0 Å². The van der Waals surface area contributed by atoms with Crippen LogP contribution in [0, 0.1) is 6.92 Å². The van der Waals surface area contributed by atoms with Crippen LogP contribution in [0.4, 0.5) is 0 Å². The molecule has 0 amide bonds. The molecule has 0 fully saturated rings. The largest absolute Gasteiger partial charge is 0.451 e. The molecule has 0 aliphatic rings. The number of aromatic nitrogens is 4. The number of ether oxygens (including phenoxy) is 1. The molecule has 0 atom stereocenters. The van der Waals surface area contributed by atoms with Crippen molar-refractivity contribution in [1.82, 2.24) is 20.3 Å². The minimum absolute atomic E-state index is 0.145. The van der Waals surface area contributed by atoms with E-state index in [0.717, 1.165) is 10.0 Å². The maximum atomic E-state index is 12.0. The topological polar surface area (TPSA) is 107 Å². The van der Waals surface area contributed by atoms with Gasteiger partial charge in [0, 0.05) is 16.2 Å². The van der Waals surface area contributed by atoms with Crippen molar-refractivity contribution in [2.45, 2.75) is 13.5 Å². The number of nitrogens with zero attached hydrogens (tertiary/aromatic N) is 3. The number of hydrogen-bond donors (Lipinski definition) is 1. The summed E-state index contributed by atoms with van der Waals surface area (Å²) in [5.41, 5.74) is 2.41. The third kappa shape index (κ3) is 3.54. The molecule has 3 aromatic heterocycles. The van der Waals surface area contributed by atoms with Crippen molar-refractivity contribution in [3.05, 3.63) is 64.4 Å². The number of rotatable bonds is 5. The molecule has 0 aliphatic heterocycles. The van der Waals surface area contributed by atoms with Crippen LogP contribution >= 0.6 is 15.9 Å². The summed E-state index contributed by atoms with van der Waals surface area (Å²) in [5.74, 6) is 0.453. The van der Waals surface area contributed by atoms with Crippen LogP contribution in [0.1, 0.15) is 22.1 Å². The van der Waals surface area contributed by atoms with Gasteiger partial charge in [0.25, 0.3) is 11.8 Å². The van der Waals surface area contributed by atoms with Crippen molar-refractivity contribution < 1.29 is 18.5 Å². The predicted molar refractivity (Wildman–Crippen MR) is 97.6 cm³/mol. The average molecular weight is 429 g/mol. The first-order valence-corrected chi connectivity index (χ1v) is 8.76. The second kappa shape index (κ2) is 7.20. The molecule has 0 saturated carbocycles. The summed E-state index contributed by atoms with van der Waals surface area (Å²) >= 11 is 3.26. The molecule has 0 bridgehead atoms. The number of hydrogen-bond acceptors (Lipinski definition) is 7. The zero-order valence-corrected chi connectivity index (χ0v) is 15.7. The number of halogens is 1. The van der Waals surface area contributed by atoms with Crippen LogP contribution in [-0.4, -0.2) is 26.3 Å². The minimum atomic E-state index is -0.522. The Hall–Kier alpha value is -3.20. The molecular formula is C18H13BrN4O4. The summed E-state index contributed by atoms with van der Waals surface area (Å²) in [6.45, 7) is 1.62. The van der Waals surface area contributed by atoms with E-state index in [9.17, 15) is 4.79 Å². The molecule has 27 heavy (non-hydrogen) atoms.